The molecule has 2 heterocycles. The number of hydrogen-bond acceptors (Lipinski definition) is 7. The first kappa shape index (κ1) is 24.6. The molecule has 1 aliphatic rings. The fourth-order valence-corrected chi connectivity index (χ4v) is 3.74. The van der Waals surface area contributed by atoms with Crippen LogP contribution in [0.3, 0.4) is 0 Å². The molecule has 2 amide bonds. The molecule has 4 N–H and O–H groups in total. The third-order valence-corrected chi connectivity index (χ3v) is 5.46. The third kappa shape index (κ3) is 6.74. The van der Waals surface area contributed by atoms with Gasteiger partial charge in [-0.3, -0.25) is 5.32 Å². The van der Waals surface area contributed by atoms with E-state index >= 15 is 0 Å². The lowest BCUT2D eigenvalue weighted by molar-refractivity contribution is 0.114. The van der Waals surface area contributed by atoms with Crippen LogP contribution in [0.2, 0.25) is 0 Å². The summed E-state index contributed by atoms with van der Waals surface area (Å²) in [6, 6.07) is 12.2. The number of aliphatic imine (C=N–C) groups is 1. The summed E-state index contributed by atoms with van der Waals surface area (Å²) in [5, 5.41) is 20.3. The van der Waals surface area contributed by atoms with Gasteiger partial charge in [-0.1, -0.05) is 12.1 Å². The number of amides is 2. The first-order valence-electron chi connectivity index (χ1n) is 11.4. The molecule has 36 heavy (non-hydrogen) atoms. The minimum absolute atomic E-state index is 0.125. The number of oxazole rings is 1. The van der Waals surface area contributed by atoms with Crippen molar-refractivity contribution in [3.63, 3.8) is 0 Å². The number of nitrogens with one attached hydrogen (secondary N) is 4. The minimum atomic E-state index is -0.407. The Balaban J connectivity index is 1.35. The van der Waals surface area contributed by atoms with Crippen LogP contribution in [0.1, 0.15) is 18.4 Å². The molecule has 4 rings (SSSR count). The number of benzene rings is 2. The highest BCUT2D eigenvalue weighted by Crippen LogP contribution is 2.32. The van der Waals surface area contributed by atoms with Crippen LogP contribution in [-0.4, -0.2) is 43.3 Å². The molecule has 0 aliphatic carbocycles. The highest BCUT2D eigenvalue weighted by atomic mass is 16.5. The molecule has 2 aromatic carbocycles. The molecule has 1 saturated heterocycles. The molecular formula is C25H27N7O4. The molecule has 1 atom stereocenters. The molecule has 0 bridgehead atoms. The molecule has 0 spiro atoms. The van der Waals surface area contributed by atoms with Crippen molar-refractivity contribution >= 4 is 23.4 Å². The van der Waals surface area contributed by atoms with Gasteiger partial charge in [-0.25, -0.2) is 14.8 Å². The SMILES string of the molecule is COc1cc(NC(=O)Nc2cccc(CN=C(NC#N)NC[C@H]3CCCO3)c2)ccc1-c1cnco1. The predicted molar refractivity (Wildman–Crippen MR) is 134 cm³/mol. The molecule has 3 aromatic rings. The van der Waals surface area contributed by atoms with E-state index < -0.39 is 6.03 Å². The summed E-state index contributed by atoms with van der Waals surface area (Å²) in [6.45, 7) is 1.67. The number of aromatic nitrogens is 1. The summed E-state index contributed by atoms with van der Waals surface area (Å²) in [5.74, 6) is 1.49. The Morgan fingerprint density at radius 3 is 2.83 bits per heavy atom. The van der Waals surface area contributed by atoms with Gasteiger partial charge in [-0.05, 0) is 42.7 Å². The van der Waals surface area contributed by atoms with Gasteiger partial charge in [0.15, 0.2) is 18.3 Å². The number of carbonyl (C=O) groups is 1. The van der Waals surface area contributed by atoms with Gasteiger partial charge in [0.05, 0.1) is 31.5 Å². The van der Waals surface area contributed by atoms with Crippen molar-refractivity contribution in [2.24, 2.45) is 4.99 Å². The van der Waals surface area contributed by atoms with Gasteiger partial charge >= 0.3 is 6.03 Å². The Labute approximate surface area is 208 Å². The van der Waals surface area contributed by atoms with Crippen LogP contribution in [0.25, 0.3) is 11.3 Å². The maximum Gasteiger partial charge on any atom is 0.323 e. The summed E-state index contributed by atoms with van der Waals surface area (Å²) in [6.07, 6.45) is 6.98. The smallest absolute Gasteiger partial charge is 0.323 e. The number of guanidine groups is 1. The number of nitrogens with zero attached hydrogens (tertiary/aromatic N) is 3. The van der Waals surface area contributed by atoms with Crippen LogP contribution in [-0.2, 0) is 11.3 Å². The normalized spacial score (nSPS) is 15.1. The van der Waals surface area contributed by atoms with E-state index in [1.165, 1.54) is 6.39 Å². The molecular weight excluding hydrogens is 462 g/mol. The number of methoxy groups -OCH3 is 1. The molecule has 0 radical (unpaired) electrons. The lowest BCUT2D eigenvalue weighted by Gasteiger charge is -2.13. The third-order valence-electron chi connectivity index (χ3n) is 5.46. The van der Waals surface area contributed by atoms with Crippen molar-refractivity contribution in [1.82, 2.24) is 15.6 Å². The van der Waals surface area contributed by atoms with E-state index in [4.69, 9.17) is 19.2 Å². The van der Waals surface area contributed by atoms with Crippen molar-refractivity contribution in [1.29, 1.82) is 5.26 Å². The number of nitriles is 1. The Morgan fingerprint density at radius 1 is 1.25 bits per heavy atom. The van der Waals surface area contributed by atoms with Gasteiger partial charge in [0.1, 0.15) is 5.75 Å². The fourth-order valence-electron chi connectivity index (χ4n) is 3.74. The highest BCUT2D eigenvalue weighted by Gasteiger charge is 2.15. The molecule has 1 aliphatic heterocycles. The average Bonchev–Trinajstić information content (AvgIpc) is 3.60. The maximum atomic E-state index is 12.6. The Bertz CT molecular complexity index is 1230. The van der Waals surface area contributed by atoms with Crippen LogP contribution < -0.4 is 26.0 Å². The lowest BCUT2D eigenvalue weighted by atomic mass is 10.1. The second-order valence-corrected chi connectivity index (χ2v) is 7.98. The molecule has 1 fully saturated rings. The van der Waals surface area contributed by atoms with Crippen molar-refractivity contribution in [2.45, 2.75) is 25.5 Å². The van der Waals surface area contributed by atoms with Gasteiger partial charge in [0.2, 0.25) is 5.96 Å². The van der Waals surface area contributed by atoms with E-state index in [9.17, 15) is 4.79 Å². The summed E-state index contributed by atoms with van der Waals surface area (Å²) in [5.41, 5.74) is 2.75. The highest BCUT2D eigenvalue weighted by molar-refractivity contribution is 6.00. The van der Waals surface area contributed by atoms with Crippen LogP contribution in [0, 0.1) is 11.5 Å². The van der Waals surface area contributed by atoms with Crippen molar-refractivity contribution in [3.8, 4) is 23.3 Å². The largest absolute Gasteiger partial charge is 0.496 e. The van der Waals surface area contributed by atoms with Crippen LogP contribution in [0.4, 0.5) is 16.2 Å². The first-order chi connectivity index (χ1) is 17.6. The van der Waals surface area contributed by atoms with Gasteiger partial charge in [-0.2, -0.15) is 5.26 Å². The number of urea groups is 1. The van der Waals surface area contributed by atoms with Crippen molar-refractivity contribution < 1.29 is 18.7 Å². The average molecular weight is 490 g/mol. The predicted octanol–water partition coefficient (Wildman–Crippen LogP) is 3.69. The van der Waals surface area contributed by atoms with E-state index in [1.54, 1.807) is 37.6 Å². The summed E-state index contributed by atoms with van der Waals surface area (Å²) >= 11 is 0. The second kappa shape index (κ2) is 12.2. The second-order valence-electron chi connectivity index (χ2n) is 7.98. The fraction of sp³-hybridized carbons (Fsp3) is 0.280. The van der Waals surface area contributed by atoms with Gasteiger partial charge < -0.3 is 29.8 Å². The van der Waals surface area contributed by atoms with E-state index in [0.717, 1.165) is 30.6 Å². The number of hydrogen-bond donors (Lipinski definition) is 4. The molecule has 0 saturated carbocycles. The Kier molecular flexibility index (Phi) is 8.35. The van der Waals surface area contributed by atoms with Crippen LogP contribution in [0.15, 0.2) is 64.5 Å². The quantitative estimate of drug-likeness (QED) is 0.162. The zero-order valence-corrected chi connectivity index (χ0v) is 19.8. The number of anilines is 2. The van der Waals surface area contributed by atoms with Crippen LogP contribution in [0.5, 0.6) is 5.75 Å². The van der Waals surface area contributed by atoms with Gasteiger partial charge in [0.25, 0.3) is 0 Å². The lowest BCUT2D eigenvalue weighted by Crippen LogP contribution is -2.39. The Hall–Kier alpha value is -4.56. The number of rotatable bonds is 8. The molecule has 11 heteroatoms. The first-order valence-corrected chi connectivity index (χ1v) is 11.4. The van der Waals surface area contributed by atoms with E-state index in [0.29, 0.717) is 41.9 Å². The minimum Gasteiger partial charge on any atom is -0.496 e. The maximum absolute atomic E-state index is 12.6. The van der Waals surface area contributed by atoms with E-state index in [2.05, 4.69) is 31.2 Å². The molecule has 11 nitrogen and oxygen atoms in total. The Morgan fingerprint density at radius 2 is 2.11 bits per heavy atom. The molecule has 1 aromatic heterocycles. The number of carbonyl (C=O) groups excluding carboxylic acids is 1. The van der Waals surface area contributed by atoms with Crippen LogP contribution >= 0.6 is 0 Å². The van der Waals surface area contributed by atoms with Crippen molar-refractivity contribution in [3.05, 3.63) is 60.6 Å². The topological polar surface area (TPSA) is 146 Å². The monoisotopic (exact) mass is 489 g/mol. The summed E-state index contributed by atoms with van der Waals surface area (Å²) in [4.78, 5) is 20.9. The standard InChI is InChI=1S/C25H27N7O4/c1-34-22-11-19(7-8-21(22)23-14-27-16-36-23)32-25(33)31-18-5-2-4-17(10-18)12-28-24(30-15-26)29-13-20-6-3-9-35-20/h2,4-5,7-8,10-11,14,16,20H,3,6,9,12-13H2,1H3,(H2,28,29,30)(H2,31,32,33)/t20-/m1/s1. The summed E-state index contributed by atoms with van der Waals surface area (Å²) < 4.78 is 16.3. The molecule has 0 unspecified atom stereocenters. The molecule has 186 valence electrons. The van der Waals surface area contributed by atoms with E-state index in [1.807, 2.05) is 24.4 Å². The zero-order valence-electron chi connectivity index (χ0n) is 19.8. The van der Waals surface area contributed by atoms with Gasteiger partial charge in [0, 0.05) is 30.6 Å². The van der Waals surface area contributed by atoms with Gasteiger partial charge in [-0.15, -0.1) is 0 Å². The van der Waals surface area contributed by atoms with Crippen molar-refractivity contribution in [2.75, 3.05) is 30.9 Å². The number of ether oxygens (including phenoxy) is 2. The van der Waals surface area contributed by atoms with E-state index in [-0.39, 0.29) is 6.10 Å². The zero-order chi connectivity index (χ0) is 25.2. The summed E-state index contributed by atoms with van der Waals surface area (Å²) in [7, 11) is 1.54.